The molecule has 1 fully saturated rings. The first kappa shape index (κ1) is 15.7. The molecule has 0 spiro atoms. The van der Waals surface area contributed by atoms with Gasteiger partial charge >= 0.3 is 0 Å². The molecule has 1 atom stereocenters. The lowest BCUT2D eigenvalue weighted by Gasteiger charge is -2.13. The van der Waals surface area contributed by atoms with E-state index in [1.807, 2.05) is 12.1 Å². The lowest BCUT2D eigenvalue weighted by Crippen LogP contribution is -2.17. The first-order chi connectivity index (χ1) is 12.8. The van der Waals surface area contributed by atoms with E-state index in [-0.39, 0.29) is 11.7 Å². The van der Waals surface area contributed by atoms with Crippen LogP contribution in [-0.2, 0) is 0 Å². The molecule has 1 saturated heterocycles. The first-order valence-corrected chi connectivity index (χ1v) is 8.13. The smallest absolute Gasteiger partial charge is 0.260 e. The van der Waals surface area contributed by atoms with Gasteiger partial charge in [-0.25, -0.2) is 4.98 Å². The number of likely N-dealkylation sites (tertiary alicyclic amines) is 1. The van der Waals surface area contributed by atoms with E-state index in [4.69, 9.17) is 9.78 Å². The van der Waals surface area contributed by atoms with Crippen molar-refractivity contribution in [3.05, 3.63) is 48.0 Å². The summed E-state index contributed by atoms with van der Waals surface area (Å²) in [5.41, 5.74) is 1.99. The minimum Gasteiger partial charge on any atom is -0.334 e. The van der Waals surface area contributed by atoms with Crippen LogP contribution in [0.1, 0.15) is 30.4 Å². The van der Waals surface area contributed by atoms with E-state index in [1.54, 1.807) is 35.4 Å². The summed E-state index contributed by atoms with van der Waals surface area (Å²) in [6.07, 6.45) is 5.55. The Balaban J connectivity index is 1.77. The Kier molecular flexibility index (Phi) is 4.00. The molecule has 1 aliphatic rings. The Hall–Kier alpha value is -3.78. The number of aromatic nitrogens is 4. The molecule has 4 heterocycles. The molecule has 0 amide bonds. The number of hydrogen-bond acceptors (Lipinski definition) is 8. The van der Waals surface area contributed by atoms with Crippen molar-refractivity contribution in [3.63, 3.8) is 0 Å². The quantitative estimate of drug-likeness (QED) is 0.666. The van der Waals surface area contributed by atoms with Gasteiger partial charge in [0.05, 0.1) is 11.3 Å². The van der Waals surface area contributed by atoms with Gasteiger partial charge < -0.3 is 4.52 Å². The Morgan fingerprint density at radius 3 is 2.85 bits per heavy atom. The molecule has 0 N–H and O–H groups in total. The van der Waals surface area contributed by atoms with Crippen molar-refractivity contribution in [2.45, 2.75) is 18.9 Å². The average molecular weight is 343 g/mol. The van der Waals surface area contributed by atoms with Crippen LogP contribution in [0.5, 0.6) is 0 Å². The molecular weight excluding hydrogens is 330 g/mol. The van der Waals surface area contributed by atoms with Gasteiger partial charge in [0, 0.05) is 12.7 Å². The highest BCUT2D eigenvalue weighted by Gasteiger charge is 2.30. The first-order valence-electron chi connectivity index (χ1n) is 8.13. The summed E-state index contributed by atoms with van der Waals surface area (Å²) in [5.74, 6) is 0.776. The largest absolute Gasteiger partial charge is 0.334 e. The molecule has 8 nitrogen and oxygen atoms in total. The SMILES string of the molecule is N#Cc1ccc(-c2nc(C3CCCN3C#N)no2)c(-c2ccccn2)n1. The molecule has 0 saturated carbocycles. The molecule has 8 heteroatoms. The molecule has 0 aromatic carbocycles. The fraction of sp³-hybridized carbons (Fsp3) is 0.222. The lowest BCUT2D eigenvalue weighted by atomic mass is 10.1. The van der Waals surface area contributed by atoms with Gasteiger partial charge in [-0.2, -0.15) is 15.5 Å². The number of rotatable bonds is 3. The van der Waals surface area contributed by atoms with Crippen LogP contribution < -0.4 is 0 Å². The topological polar surface area (TPSA) is 116 Å². The summed E-state index contributed by atoms with van der Waals surface area (Å²) in [5, 5.41) is 22.4. The second kappa shape index (κ2) is 6.61. The van der Waals surface area contributed by atoms with Gasteiger partial charge in [-0.15, -0.1) is 0 Å². The molecule has 3 aromatic rings. The van der Waals surface area contributed by atoms with E-state index in [0.29, 0.717) is 35.2 Å². The predicted molar refractivity (Wildman–Crippen MR) is 89.8 cm³/mol. The van der Waals surface area contributed by atoms with Gasteiger partial charge in [-0.3, -0.25) is 9.88 Å². The van der Waals surface area contributed by atoms with Gasteiger partial charge in [-0.1, -0.05) is 11.2 Å². The molecule has 3 aromatic heterocycles. The van der Waals surface area contributed by atoms with Crippen molar-refractivity contribution in [1.29, 1.82) is 10.5 Å². The second-order valence-electron chi connectivity index (χ2n) is 5.83. The van der Waals surface area contributed by atoms with Crippen molar-refractivity contribution in [2.24, 2.45) is 0 Å². The van der Waals surface area contributed by atoms with Crippen LogP contribution in [0.15, 0.2) is 41.1 Å². The van der Waals surface area contributed by atoms with Crippen LogP contribution >= 0.6 is 0 Å². The highest BCUT2D eigenvalue weighted by atomic mass is 16.5. The molecule has 126 valence electrons. The van der Waals surface area contributed by atoms with Gasteiger partial charge in [0.25, 0.3) is 5.89 Å². The zero-order chi connectivity index (χ0) is 17.9. The molecule has 26 heavy (non-hydrogen) atoms. The number of pyridine rings is 2. The van der Waals surface area contributed by atoms with Crippen molar-refractivity contribution >= 4 is 0 Å². The summed E-state index contributed by atoms with van der Waals surface area (Å²) >= 11 is 0. The van der Waals surface area contributed by atoms with Crippen LogP contribution in [0.25, 0.3) is 22.8 Å². The van der Waals surface area contributed by atoms with Gasteiger partial charge in [0.15, 0.2) is 12.0 Å². The van der Waals surface area contributed by atoms with Gasteiger partial charge in [-0.05, 0) is 37.1 Å². The second-order valence-corrected chi connectivity index (χ2v) is 5.83. The van der Waals surface area contributed by atoms with Crippen LogP contribution in [0.2, 0.25) is 0 Å². The summed E-state index contributed by atoms with van der Waals surface area (Å²) in [6.45, 7) is 0.697. The summed E-state index contributed by atoms with van der Waals surface area (Å²) in [4.78, 5) is 14.8. The number of hydrogen-bond donors (Lipinski definition) is 0. The van der Waals surface area contributed by atoms with E-state index in [1.165, 1.54) is 0 Å². The molecule has 0 aliphatic carbocycles. The molecule has 1 aliphatic heterocycles. The van der Waals surface area contributed by atoms with Crippen LogP contribution in [0.3, 0.4) is 0 Å². The number of nitriles is 2. The van der Waals surface area contributed by atoms with E-state index in [9.17, 15) is 5.26 Å². The van der Waals surface area contributed by atoms with E-state index in [2.05, 4.69) is 26.3 Å². The van der Waals surface area contributed by atoms with E-state index < -0.39 is 0 Å². The standard InChI is InChI=1S/C18H13N7O/c19-10-12-6-7-13(16(22-12)14-4-1-2-8-21-14)18-23-17(24-26-18)15-5-3-9-25(15)11-20/h1-2,4,6-8,15H,3,5,9H2. The highest BCUT2D eigenvalue weighted by molar-refractivity contribution is 5.75. The Morgan fingerprint density at radius 1 is 1.15 bits per heavy atom. The van der Waals surface area contributed by atoms with Crippen molar-refractivity contribution in [2.75, 3.05) is 6.54 Å². The average Bonchev–Trinajstić information content (AvgIpc) is 3.37. The van der Waals surface area contributed by atoms with Crippen LogP contribution in [-0.4, -0.2) is 31.6 Å². The molecule has 0 bridgehead atoms. The van der Waals surface area contributed by atoms with Crippen molar-refractivity contribution in [1.82, 2.24) is 25.0 Å². The molecular formula is C18H13N7O. The zero-order valence-corrected chi connectivity index (χ0v) is 13.7. The van der Waals surface area contributed by atoms with Crippen LogP contribution in [0.4, 0.5) is 0 Å². The third kappa shape index (κ3) is 2.74. The summed E-state index contributed by atoms with van der Waals surface area (Å²) in [6, 6.07) is 10.6. The zero-order valence-electron chi connectivity index (χ0n) is 13.7. The van der Waals surface area contributed by atoms with E-state index >= 15 is 0 Å². The Bertz CT molecular complexity index is 1020. The number of nitrogens with zero attached hydrogens (tertiary/aromatic N) is 7. The van der Waals surface area contributed by atoms with Gasteiger partial charge in [0.1, 0.15) is 23.5 Å². The van der Waals surface area contributed by atoms with E-state index in [0.717, 1.165) is 12.8 Å². The van der Waals surface area contributed by atoms with Gasteiger partial charge in [0.2, 0.25) is 0 Å². The fourth-order valence-corrected chi connectivity index (χ4v) is 3.03. The maximum atomic E-state index is 9.21. The maximum absolute atomic E-state index is 9.21. The monoisotopic (exact) mass is 343 g/mol. The predicted octanol–water partition coefficient (Wildman–Crippen LogP) is 2.68. The molecule has 4 rings (SSSR count). The van der Waals surface area contributed by atoms with Crippen LogP contribution in [0, 0.1) is 22.8 Å². The third-order valence-electron chi connectivity index (χ3n) is 4.27. The molecule has 1 unspecified atom stereocenters. The minimum absolute atomic E-state index is 0.165. The summed E-state index contributed by atoms with van der Waals surface area (Å²) < 4.78 is 5.44. The normalized spacial score (nSPS) is 16.2. The summed E-state index contributed by atoms with van der Waals surface area (Å²) in [7, 11) is 0. The Labute approximate surface area is 149 Å². The molecule has 0 radical (unpaired) electrons. The highest BCUT2D eigenvalue weighted by Crippen LogP contribution is 2.33. The van der Waals surface area contributed by atoms with Crippen molar-refractivity contribution in [3.8, 4) is 35.1 Å². The third-order valence-corrected chi connectivity index (χ3v) is 4.27. The minimum atomic E-state index is -0.165. The maximum Gasteiger partial charge on any atom is 0.260 e. The fourth-order valence-electron chi connectivity index (χ4n) is 3.03. The van der Waals surface area contributed by atoms with Crippen molar-refractivity contribution < 1.29 is 4.52 Å². The lowest BCUT2D eigenvalue weighted by molar-refractivity contribution is 0.339. The Morgan fingerprint density at radius 2 is 2.08 bits per heavy atom.